The molecule has 5 heteroatoms. The van der Waals surface area contributed by atoms with Gasteiger partial charge in [0.15, 0.2) is 0 Å². The number of anilines is 1. The van der Waals surface area contributed by atoms with Crippen LogP contribution >= 0.6 is 0 Å². The lowest BCUT2D eigenvalue weighted by atomic mass is 10.2. The van der Waals surface area contributed by atoms with Crippen LogP contribution in [0.3, 0.4) is 0 Å². The van der Waals surface area contributed by atoms with Crippen LogP contribution in [0.25, 0.3) is 0 Å². The number of rotatable bonds is 5. The van der Waals surface area contributed by atoms with E-state index in [1.165, 1.54) is 0 Å². The average molecular weight is 272 g/mol. The van der Waals surface area contributed by atoms with Gasteiger partial charge in [-0.15, -0.1) is 0 Å². The SMILES string of the molecule is CCC(C)Oc1cccc(C=Nn2cc(C)nc2N)c1. The van der Waals surface area contributed by atoms with Gasteiger partial charge >= 0.3 is 0 Å². The minimum absolute atomic E-state index is 0.203. The Morgan fingerprint density at radius 2 is 2.30 bits per heavy atom. The van der Waals surface area contributed by atoms with Crippen LogP contribution in [0.4, 0.5) is 5.95 Å². The molecule has 0 fully saturated rings. The average Bonchev–Trinajstić information content (AvgIpc) is 2.75. The van der Waals surface area contributed by atoms with Crippen LogP contribution in [0.2, 0.25) is 0 Å². The zero-order valence-electron chi connectivity index (χ0n) is 12.1. The van der Waals surface area contributed by atoms with Crippen molar-refractivity contribution in [3.05, 3.63) is 41.7 Å². The van der Waals surface area contributed by atoms with Crippen molar-refractivity contribution in [2.75, 3.05) is 5.73 Å². The highest BCUT2D eigenvalue weighted by atomic mass is 16.5. The molecule has 2 aromatic rings. The Balaban J connectivity index is 2.13. The predicted molar refractivity (Wildman–Crippen MR) is 81.2 cm³/mol. The Bertz CT molecular complexity index is 604. The number of aryl methyl sites for hydroxylation is 1. The molecule has 0 saturated carbocycles. The van der Waals surface area contributed by atoms with Gasteiger partial charge in [-0.25, -0.2) is 9.66 Å². The molecular formula is C15H20N4O. The molecule has 0 radical (unpaired) electrons. The molecule has 0 bridgehead atoms. The van der Waals surface area contributed by atoms with E-state index in [1.54, 1.807) is 17.1 Å². The highest BCUT2D eigenvalue weighted by Crippen LogP contribution is 2.15. The van der Waals surface area contributed by atoms with Gasteiger partial charge in [-0.2, -0.15) is 5.10 Å². The monoisotopic (exact) mass is 272 g/mol. The molecule has 0 spiro atoms. The summed E-state index contributed by atoms with van der Waals surface area (Å²) in [5.41, 5.74) is 7.53. The van der Waals surface area contributed by atoms with Gasteiger partial charge in [-0.3, -0.25) is 0 Å². The van der Waals surface area contributed by atoms with Crippen molar-refractivity contribution in [1.29, 1.82) is 0 Å². The number of aromatic nitrogens is 2. The summed E-state index contributed by atoms with van der Waals surface area (Å²) in [6, 6.07) is 7.81. The fourth-order valence-electron chi connectivity index (χ4n) is 1.71. The first-order chi connectivity index (χ1) is 9.58. The quantitative estimate of drug-likeness (QED) is 0.851. The molecule has 5 nitrogen and oxygen atoms in total. The number of benzene rings is 1. The minimum atomic E-state index is 0.203. The van der Waals surface area contributed by atoms with Crippen LogP contribution in [0.5, 0.6) is 5.75 Å². The van der Waals surface area contributed by atoms with Gasteiger partial charge < -0.3 is 10.5 Å². The molecule has 1 aromatic carbocycles. The lowest BCUT2D eigenvalue weighted by Crippen LogP contribution is -2.09. The molecule has 20 heavy (non-hydrogen) atoms. The van der Waals surface area contributed by atoms with Crippen molar-refractivity contribution in [3.8, 4) is 5.75 Å². The summed E-state index contributed by atoms with van der Waals surface area (Å²) >= 11 is 0. The van der Waals surface area contributed by atoms with E-state index >= 15 is 0 Å². The molecule has 2 N–H and O–H groups in total. The number of nitrogen functional groups attached to an aromatic ring is 1. The maximum Gasteiger partial charge on any atom is 0.221 e. The summed E-state index contributed by atoms with van der Waals surface area (Å²) in [6.07, 6.45) is 4.70. The van der Waals surface area contributed by atoms with Crippen LogP contribution < -0.4 is 10.5 Å². The molecule has 0 aliphatic heterocycles. The first kappa shape index (κ1) is 14.1. The summed E-state index contributed by atoms with van der Waals surface area (Å²) in [5, 5.41) is 4.29. The summed E-state index contributed by atoms with van der Waals surface area (Å²) < 4.78 is 7.33. The van der Waals surface area contributed by atoms with E-state index in [0.717, 1.165) is 23.4 Å². The third-order valence-corrected chi connectivity index (χ3v) is 2.94. The Morgan fingerprint density at radius 1 is 1.50 bits per heavy atom. The number of imidazole rings is 1. The summed E-state index contributed by atoms with van der Waals surface area (Å²) in [6.45, 7) is 6.03. The summed E-state index contributed by atoms with van der Waals surface area (Å²) in [4.78, 5) is 4.09. The molecule has 0 amide bonds. The fourth-order valence-corrected chi connectivity index (χ4v) is 1.71. The molecule has 1 atom stereocenters. The molecule has 2 rings (SSSR count). The van der Waals surface area contributed by atoms with E-state index in [1.807, 2.05) is 31.2 Å². The molecule has 1 aromatic heterocycles. The normalized spacial score (nSPS) is 12.8. The highest BCUT2D eigenvalue weighted by Gasteiger charge is 2.02. The van der Waals surface area contributed by atoms with Gasteiger partial charge in [-0.05, 0) is 38.0 Å². The first-order valence-corrected chi connectivity index (χ1v) is 6.71. The number of ether oxygens (including phenoxy) is 1. The Morgan fingerprint density at radius 3 is 2.95 bits per heavy atom. The van der Waals surface area contributed by atoms with Crippen LogP contribution in [0, 0.1) is 6.92 Å². The Kier molecular flexibility index (Phi) is 4.40. The number of hydrogen-bond donors (Lipinski definition) is 1. The van der Waals surface area contributed by atoms with Crippen LogP contribution in [0.15, 0.2) is 35.6 Å². The van der Waals surface area contributed by atoms with E-state index in [0.29, 0.717) is 5.95 Å². The summed E-state index contributed by atoms with van der Waals surface area (Å²) in [7, 11) is 0. The second-order valence-electron chi connectivity index (χ2n) is 4.74. The largest absolute Gasteiger partial charge is 0.491 e. The zero-order valence-corrected chi connectivity index (χ0v) is 12.1. The molecular weight excluding hydrogens is 252 g/mol. The minimum Gasteiger partial charge on any atom is -0.491 e. The van der Waals surface area contributed by atoms with Crippen molar-refractivity contribution in [1.82, 2.24) is 9.66 Å². The van der Waals surface area contributed by atoms with Gasteiger partial charge in [0.25, 0.3) is 0 Å². The molecule has 0 aliphatic carbocycles. The number of nitrogens with zero attached hydrogens (tertiary/aromatic N) is 3. The zero-order chi connectivity index (χ0) is 14.5. The third kappa shape index (κ3) is 3.60. The van der Waals surface area contributed by atoms with Crippen molar-refractivity contribution >= 4 is 12.2 Å². The van der Waals surface area contributed by atoms with Crippen molar-refractivity contribution in [2.24, 2.45) is 5.10 Å². The van der Waals surface area contributed by atoms with Crippen LogP contribution in [-0.4, -0.2) is 22.0 Å². The highest BCUT2D eigenvalue weighted by molar-refractivity contribution is 5.80. The lowest BCUT2D eigenvalue weighted by molar-refractivity contribution is 0.217. The van der Waals surface area contributed by atoms with Crippen molar-refractivity contribution in [2.45, 2.75) is 33.3 Å². The second kappa shape index (κ2) is 6.23. The van der Waals surface area contributed by atoms with Gasteiger partial charge in [0, 0.05) is 0 Å². The third-order valence-electron chi connectivity index (χ3n) is 2.94. The van der Waals surface area contributed by atoms with Crippen LogP contribution in [0.1, 0.15) is 31.5 Å². The topological polar surface area (TPSA) is 65.4 Å². The predicted octanol–water partition coefficient (Wildman–Crippen LogP) is 2.83. The van der Waals surface area contributed by atoms with E-state index in [2.05, 4.69) is 23.9 Å². The van der Waals surface area contributed by atoms with E-state index in [-0.39, 0.29) is 6.10 Å². The van der Waals surface area contributed by atoms with Crippen molar-refractivity contribution < 1.29 is 4.74 Å². The number of nitrogens with two attached hydrogens (primary N) is 1. The maximum atomic E-state index is 5.78. The van der Waals surface area contributed by atoms with Gasteiger partial charge in [0.1, 0.15) is 5.75 Å². The van der Waals surface area contributed by atoms with Gasteiger partial charge in [0.2, 0.25) is 5.95 Å². The lowest BCUT2D eigenvalue weighted by Gasteiger charge is -2.12. The summed E-state index contributed by atoms with van der Waals surface area (Å²) in [5.74, 6) is 1.23. The van der Waals surface area contributed by atoms with Crippen molar-refractivity contribution in [3.63, 3.8) is 0 Å². The molecule has 1 heterocycles. The smallest absolute Gasteiger partial charge is 0.221 e. The Labute approximate surface area is 119 Å². The van der Waals surface area contributed by atoms with E-state index in [9.17, 15) is 0 Å². The van der Waals surface area contributed by atoms with Gasteiger partial charge in [0.05, 0.1) is 24.2 Å². The second-order valence-corrected chi connectivity index (χ2v) is 4.74. The molecule has 0 aliphatic rings. The fraction of sp³-hybridized carbons (Fsp3) is 0.333. The molecule has 106 valence electrons. The van der Waals surface area contributed by atoms with E-state index in [4.69, 9.17) is 10.5 Å². The standard InChI is InChI=1S/C15H20N4O/c1-4-12(3)20-14-7-5-6-13(8-14)9-17-19-10-11(2)18-15(19)16/h5-10,12H,4H2,1-3H3,(H2,16,18). The number of hydrogen-bond acceptors (Lipinski definition) is 4. The maximum absolute atomic E-state index is 5.78. The first-order valence-electron chi connectivity index (χ1n) is 6.71. The van der Waals surface area contributed by atoms with Crippen LogP contribution in [-0.2, 0) is 0 Å². The molecule has 1 unspecified atom stereocenters. The molecule has 0 saturated heterocycles. The Hall–Kier alpha value is -2.30. The van der Waals surface area contributed by atoms with E-state index < -0.39 is 0 Å². The van der Waals surface area contributed by atoms with Gasteiger partial charge in [-0.1, -0.05) is 19.1 Å².